The first-order valence-corrected chi connectivity index (χ1v) is 7.19. The summed E-state index contributed by atoms with van der Waals surface area (Å²) in [7, 11) is 0. The zero-order valence-corrected chi connectivity index (χ0v) is 8.97. The van der Waals surface area contributed by atoms with E-state index in [1.54, 1.807) is 10.8 Å². The van der Waals surface area contributed by atoms with Crippen molar-refractivity contribution < 1.29 is 21.2 Å². The molecule has 4 atom stereocenters. The quantitative estimate of drug-likeness (QED) is 0.420. The monoisotopic (exact) mass is 251 g/mol. The summed E-state index contributed by atoms with van der Waals surface area (Å²) in [5, 5.41) is 0. The molecule has 4 unspecified atom stereocenters. The second-order valence-electron chi connectivity index (χ2n) is 3.67. The van der Waals surface area contributed by atoms with Crippen molar-refractivity contribution in [3.8, 4) is 0 Å². The van der Waals surface area contributed by atoms with Crippen molar-refractivity contribution in [2.45, 2.75) is 30.6 Å². The predicted octanol–water partition coefficient (Wildman–Crippen LogP) is -0.860. The molecule has 0 bridgehead atoms. The van der Waals surface area contributed by atoms with E-state index in [-0.39, 0.29) is 0 Å². The van der Waals surface area contributed by atoms with Gasteiger partial charge in [0.25, 0.3) is 0 Å². The van der Waals surface area contributed by atoms with Gasteiger partial charge in [0.05, 0.1) is 0 Å². The molecule has 0 nitrogen and oxygen atoms in total. The van der Waals surface area contributed by atoms with Crippen LogP contribution >= 0.6 is 0 Å². The van der Waals surface area contributed by atoms with Crippen LogP contribution in [0.5, 0.6) is 0 Å². The molecular formula is C9H16I-. The fourth-order valence-electron chi connectivity index (χ4n) is 2.72. The summed E-state index contributed by atoms with van der Waals surface area (Å²) in [4.78, 5) is 0. The Balaban J connectivity index is 2.01. The molecule has 1 saturated carbocycles. The molecule has 0 aromatic heterocycles. The standard InChI is InChI=1S/C9H16I/c1-3-7-6(2)9-8(7)4-5-10-9/h6-9H,3-5H2,1-2H3/q-1. The Hall–Kier alpha value is 0.730. The normalized spacial score (nSPS) is 53.0. The van der Waals surface area contributed by atoms with Crippen molar-refractivity contribution in [2.75, 3.05) is 4.43 Å². The molecule has 0 radical (unpaired) electrons. The van der Waals surface area contributed by atoms with Crippen LogP contribution < -0.4 is 21.2 Å². The Morgan fingerprint density at radius 2 is 2.30 bits per heavy atom. The third-order valence-corrected chi connectivity index (χ3v) is 7.66. The molecule has 2 rings (SSSR count). The summed E-state index contributed by atoms with van der Waals surface area (Å²) in [5.74, 6) is 3.45. The van der Waals surface area contributed by atoms with E-state index in [0.717, 1.165) is 11.8 Å². The van der Waals surface area contributed by atoms with Crippen molar-refractivity contribution in [3.05, 3.63) is 0 Å². The van der Waals surface area contributed by atoms with Gasteiger partial charge in [-0.3, -0.25) is 0 Å². The molecule has 1 saturated heterocycles. The van der Waals surface area contributed by atoms with E-state index in [4.69, 9.17) is 0 Å². The molecule has 2 aliphatic rings. The number of hydrogen-bond donors (Lipinski definition) is 0. The predicted molar refractivity (Wildman–Crippen MR) is 39.7 cm³/mol. The van der Waals surface area contributed by atoms with E-state index >= 15 is 0 Å². The van der Waals surface area contributed by atoms with Crippen molar-refractivity contribution in [3.63, 3.8) is 0 Å². The van der Waals surface area contributed by atoms with Crippen LogP contribution in [0.3, 0.4) is 0 Å². The second-order valence-corrected chi connectivity index (χ2v) is 7.07. The first-order chi connectivity index (χ1) is 4.84. The molecular weight excluding hydrogens is 235 g/mol. The first-order valence-electron chi connectivity index (χ1n) is 4.42. The van der Waals surface area contributed by atoms with Crippen LogP contribution in [-0.2, 0) is 0 Å². The molecule has 1 heterocycles. The van der Waals surface area contributed by atoms with E-state index in [0.29, 0.717) is 21.2 Å². The van der Waals surface area contributed by atoms with Crippen LogP contribution in [0.1, 0.15) is 26.7 Å². The van der Waals surface area contributed by atoms with Crippen molar-refractivity contribution >= 4 is 0 Å². The van der Waals surface area contributed by atoms with Gasteiger partial charge in [-0.1, -0.05) is 0 Å². The summed E-state index contributed by atoms with van der Waals surface area (Å²) < 4.78 is 2.89. The first kappa shape index (κ1) is 7.38. The van der Waals surface area contributed by atoms with Gasteiger partial charge in [-0.25, -0.2) is 0 Å². The molecule has 0 amide bonds. The van der Waals surface area contributed by atoms with Crippen LogP contribution in [0.15, 0.2) is 0 Å². The topological polar surface area (TPSA) is 0 Å². The zero-order chi connectivity index (χ0) is 7.14. The summed E-state index contributed by atoms with van der Waals surface area (Å²) in [6.07, 6.45) is 3.05. The number of fused-ring (bicyclic) bond motifs is 1. The zero-order valence-electron chi connectivity index (χ0n) is 6.81. The molecule has 60 valence electrons. The second kappa shape index (κ2) is 2.65. The van der Waals surface area contributed by atoms with Crippen LogP contribution in [0.4, 0.5) is 0 Å². The third kappa shape index (κ3) is 0.853. The molecule has 0 aromatic carbocycles. The average Bonchev–Trinajstić information content (AvgIpc) is 2.33. The third-order valence-electron chi connectivity index (χ3n) is 3.34. The molecule has 1 heteroatoms. The summed E-state index contributed by atoms with van der Waals surface area (Å²) in [6.45, 7) is 4.86. The van der Waals surface area contributed by atoms with E-state index < -0.39 is 0 Å². The van der Waals surface area contributed by atoms with Gasteiger partial charge in [0.1, 0.15) is 0 Å². The number of hydrogen-bond acceptors (Lipinski definition) is 0. The fourth-order valence-corrected chi connectivity index (χ4v) is 7.40. The number of rotatable bonds is 1. The maximum absolute atomic E-state index is 2.49. The Kier molecular flexibility index (Phi) is 1.96. The van der Waals surface area contributed by atoms with Gasteiger partial charge < -0.3 is 0 Å². The number of halogens is 1. The van der Waals surface area contributed by atoms with Gasteiger partial charge in [-0.05, 0) is 0 Å². The Labute approximate surface area is 74.0 Å². The minimum absolute atomic E-state index is 0.652. The molecule has 0 spiro atoms. The molecule has 2 fully saturated rings. The van der Waals surface area contributed by atoms with Gasteiger partial charge in [-0.2, -0.15) is 0 Å². The van der Waals surface area contributed by atoms with Crippen molar-refractivity contribution in [2.24, 2.45) is 17.8 Å². The van der Waals surface area contributed by atoms with E-state index in [2.05, 4.69) is 13.8 Å². The van der Waals surface area contributed by atoms with Crippen molar-refractivity contribution in [1.82, 2.24) is 0 Å². The van der Waals surface area contributed by atoms with Gasteiger partial charge in [0.2, 0.25) is 0 Å². The summed E-state index contributed by atoms with van der Waals surface area (Å²) in [6, 6.07) is 0. The van der Waals surface area contributed by atoms with E-state index in [1.807, 2.05) is 0 Å². The molecule has 10 heavy (non-hydrogen) atoms. The maximum atomic E-state index is 2.49. The Morgan fingerprint density at radius 1 is 1.50 bits per heavy atom. The van der Waals surface area contributed by atoms with Crippen LogP contribution in [0.2, 0.25) is 0 Å². The van der Waals surface area contributed by atoms with Gasteiger partial charge in [0.15, 0.2) is 0 Å². The van der Waals surface area contributed by atoms with Gasteiger partial charge in [0, 0.05) is 0 Å². The minimum atomic E-state index is 0.652. The Morgan fingerprint density at radius 3 is 3.00 bits per heavy atom. The number of alkyl halides is 2. The van der Waals surface area contributed by atoms with E-state index in [1.165, 1.54) is 16.3 Å². The Bertz CT molecular complexity index is 133. The van der Waals surface area contributed by atoms with Crippen LogP contribution in [-0.4, -0.2) is 8.35 Å². The fraction of sp³-hybridized carbons (Fsp3) is 1.00. The molecule has 0 N–H and O–H groups in total. The van der Waals surface area contributed by atoms with Crippen molar-refractivity contribution in [1.29, 1.82) is 0 Å². The van der Waals surface area contributed by atoms with Gasteiger partial charge in [-0.15, -0.1) is 0 Å². The molecule has 1 aliphatic carbocycles. The molecule has 0 aromatic rings. The van der Waals surface area contributed by atoms with E-state index in [9.17, 15) is 0 Å². The van der Waals surface area contributed by atoms with Gasteiger partial charge >= 0.3 is 74.0 Å². The average molecular weight is 251 g/mol. The summed E-state index contributed by atoms with van der Waals surface area (Å²) in [5.41, 5.74) is 0. The van der Waals surface area contributed by atoms with Crippen LogP contribution in [0.25, 0.3) is 0 Å². The molecule has 1 aliphatic heterocycles. The summed E-state index contributed by atoms with van der Waals surface area (Å²) >= 11 is 0.652. The van der Waals surface area contributed by atoms with Crippen LogP contribution in [0, 0.1) is 17.8 Å². The SMILES string of the molecule is CCC1C(C)C2[I-]CCC12.